The van der Waals surface area contributed by atoms with Gasteiger partial charge in [0.1, 0.15) is 0 Å². The Morgan fingerprint density at radius 1 is 0.941 bits per heavy atom. The molecule has 6 aliphatic rings. The van der Waals surface area contributed by atoms with Crippen LogP contribution in [0.1, 0.15) is 49.4 Å². The third kappa shape index (κ3) is 3.31. The molecule has 7 heteroatoms. The minimum Gasteiger partial charge on any atom is -0.462 e. The summed E-state index contributed by atoms with van der Waals surface area (Å²) in [6.07, 6.45) is 8.23. The Labute approximate surface area is 198 Å². The summed E-state index contributed by atoms with van der Waals surface area (Å²) in [5.74, 6) is 0.901. The molecule has 3 saturated carbocycles. The van der Waals surface area contributed by atoms with E-state index in [1.807, 2.05) is 0 Å². The molecule has 6 atom stereocenters. The highest BCUT2D eigenvalue weighted by Gasteiger charge is 2.67. The van der Waals surface area contributed by atoms with Crippen LogP contribution >= 0.6 is 0 Å². The first-order chi connectivity index (χ1) is 16.5. The number of nitrogens with one attached hydrogen (secondary N) is 1. The average Bonchev–Trinajstić information content (AvgIpc) is 3.63. The van der Waals surface area contributed by atoms with Crippen LogP contribution in [0.5, 0.6) is 0 Å². The molecule has 1 saturated heterocycles. The standard InChI is InChI=1S/C27H30N2O5/c1-2-34-27(33)15-3-7-16(8-4-15)28-24(30)14-5-9-17(10-6-14)29-25(31)22-18-11-12-19(21-13-20(18)21)23(22)26(29)32/h3-4,7-8,11-12,14,17-23H,2,5-6,9-10,13H2,1H3,(H,28,30)/t14?,17?,18-,19-,20-,21+,22+,23-/m1/s1. The second kappa shape index (κ2) is 8.07. The first kappa shape index (κ1) is 21.6. The summed E-state index contributed by atoms with van der Waals surface area (Å²) in [5.41, 5.74) is 1.08. The van der Waals surface area contributed by atoms with Crippen LogP contribution in [-0.2, 0) is 19.1 Å². The number of amides is 3. The molecule has 3 amide bonds. The molecule has 0 radical (unpaired) electrons. The lowest BCUT2D eigenvalue weighted by atomic mass is 9.63. The van der Waals surface area contributed by atoms with E-state index in [2.05, 4.69) is 17.5 Å². The van der Waals surface area contributed by atoms with Gasteiger partial charge in [0.25, 0.3) is 0 Å². The fourth-order valence-corrected chi connectivity index (χ4v) is 7.08. The first-order valence-corrected chi connectivity index (χ1v) is 12.6. The van der Waals surface area contributed by atoms with Crippen molar-refractivity contribution in [2.75, 3.05) is 11.9 Å². The molecule has 1 aromatic rings. The maximum absolute atomic E-state index is 13.3. The van der Waals surface area contributed by atoms with Crippen molar-refractivity contribution >= 4 is 29.4 Å². The van der Waals surface area contributed by atoms with Gasteiger partial charge < -0.3 is 10.1 Å². The number of hydrogen-bond acceptors (Lipinski definition) is 5. The van der Waals surface area contributed by atoms with Gasteiger partial charge in [-0.15, -0.1) is 0 Å². The fourth-order valence-electron chi connectivity index (χ4n) is 7.08. The molecule has 1 heterocycles. The van der Waals surface area contributed by atoms with Crippen LogP contribution in [0.25, 0.3) is 0 Å². The number of likely N-dealkylation sites (tertiary alicyclic amines) is 1. The molecule has 1 N–H and O–H groups in total. The third-order valence-electron chi connectivity index (χ3n) is 8.79. The molecule has 4 fully saturated rings. The van der Waals surface area contributed by atoms with Gasteiger partial charge in [0.05, 0.1) is 24.0 Å². The molecule has 1 aromatic carbocycles. The second-order valence-corrected chi connectivity index (χ2v) is 10.5. The number of benzene rings is 1. The normalized spacial score (nSPS) is 37.3. The van der Waals surface area contributed by atoms with Crippen LogP contribution in [0.2, 0.25) is 0 Å². The Morgan fingerprint density at radius 2 is 1.53 bits per heavy atom. The Bertz CT molecular complexity index is 1030. The topological polar surface area (TPSA) is 92.8 Å². The van der Waals surface area contributed by atoms with Crippen molar-refractivity contribution in [2.45, 2.75) is 45.1 Å². The van der Waals surface area contributed by atoms with E-state index in [1.54, 1.807) is 36.1 Å². The summed E-state index contributed by atoms with van der Waals surface area (Å²) < 4.78 is 4.98. The first-order valence-electron chi connectivity index (χ1n) is 12.6. The number of rotatable bonds is 5. The molecule has 0 unspecified atom stereocenters. The van der Waals surface area contributed by atoms with Gasteiger partial charge in [-0.05, 0) is 87.0 Å². The minimum absolute atomic E-state index is 0.0364. The molecular formula is C27H30N2O5. The fraction of sp³-hybridized carbons (Fsp3) is 0.556. The van der Waals surface area contributed by atoms with Gasteiger partial charge >= 0.3 is 5.97 Å². The lowest BCUT2D eigenvalue weighted by Crippen LogP contribution is -2.44. The third-order valence-corrected chi connectivity index (χ3v) is 8.79. The van der Waals surface area contributed by atoms with E-state index in [0.717, 1.165) is 0 Å². The highest BCUT2D eigenvalue weighted by molar-refractivity contribution is 6.06. The predicted molar refractivity (Wildman–Crippen MR) is 123 cm³/mol. The van der Waals surface area contributed by atoms with Crippen LogP contribution < -0.4 is 5.32 Å². The molecule has 1 aliphatic heterocycles. The Morgan fingerprint density at radius 3 is 2.09 bits per heavy atom. The number of ether oxygens (including phenoxy) is 1. The van der Waals surface area contributed by atoms with Gasteiger partial charge in [-0.3, -0.25) is 19.3 Å². The van der Waals surface area contributed by atoms with Gasteiger partial charge in [-0.25, -0.2) is 4.79 Å². The highest BCUT2D eigenvalue weighted by atomic mass is 16.5. The number of esters is 1. The van der Waals surface area contributed by atoms with Crippen molar-refractivity contribution in [3.8, 4) is 0 Å². The van der Waals surface area contributed by atoms with Crippen LogP contribution in [-0.4, -0.2) is 41.2 Å². The zero-order valence-electron chi connectivity index (χ0n) is 19.3. The van der Waals surface area contributed by atoms with E-state index in [9.17, 15) is 19.2 Å². The monoisotopic (exact) mass is 462 g/mol. The molecule has 34 heavy (non-hydrogen) atoms. The van der Waals surface area contributed by atoms with Gasteiger partial charge in [-0.2, -0.15) is 0 Å². The zero-order valence-corrected chi connectivity index (χ0v) is 19.3. The zero-order chi connectivity index (χ0) is 23.6. The number of imide groups is 1. The van der Waals surface area contributed by atoms with E-state index in [-0.39, 0.29) is 59.3 Å². The van der Waals surface area contributed by atoms with Crippen molar-refractivity contribution < 1.29 is 23.9 Å². The number of allylic oxidation sites excluding steroid dienone is 2. The summed E-state index contributed by atoms with van der Waals surface area (Å²) >= 11 is 0. The number of nitrogens with zero attached hydrogens (tertiary/aromatic N) is 1. The molecule has 178 valence electrons. The van der Waals surface area contributed by atoms with Gasteiger partial charge in [0, 0.05) is 17.6 Å². The van der Waals surface area contributed by atoms with Crippen molar-refractivity contribution in [2.24, 2.45) is 41.4 Å². The molecule has 0 spiro atoms. The van der Waals surface area contributed by atoms with Crippen LogP contribution in [0.15, 0.2) is 36.4 Å². The lowest BCUT2D eigenvalue weighted by molar-refractivity contribution is -0.144. The summed E-state index contributed by atoms with van der Waals surface area (Å²) in [5, 5.41) is 2.94. The quantitative estimate of drug-likeness (QED) is 0.411. The second-order valence-electron chi connectivity index (χ2n) is 10.5. The highest BCUT2D eigenvalue weighted by Crippen LogP contribution is 2.65. The molecule has 7 rings (SSSR count). The molecule has 2 bridgehead atoms. The van der Waals surface area contributed by atoms with Crippen molar-refractivity contribution in [3.63, 3.8) is 0 Å². The smallest absolute Gasteiger partial charge is 0.338 e. The van der Waals surface area contributed by atoms with Crippen molar-refractivity contribution in [3.05, 3.63) is 42.0 Å². The largest absolute Gasteiger partial charge is 0.462 e. The van der Waals surface area contributed by atoms with Crippen LogP contribution in [0, 0.1) is 41.4 Å². The lowest BCUT2D eigenvalue weighted by Gasteiger charge is -2.37. The molecule has 7 nitrogen and oxygen atoms in total. The summed E-state index contributed by atoms with van der Waals surface area (Å²) in [6, 6.07) is 6.59. The Balaban J connectivity index is 1.06. The van der Waals surface area contributed by atoms with E-state index in [0.29, 0.717) is 55.4 Å². The SMILES string of the molecule is CCOC(=O)c1ccc(NC(=O)C2CCC(N3C(=O)[C@@H]4[C@@H]5C=C[C@H]([C@H]6C[C@@H]56)[C@@H]4C3=O)CC2)cc1. The maximum atomic E-state index is 13.3. The molecular weight excluding hydrogens is 432 g/mol. The molecule has 5 aliphatic carbocycles. The van der Waals surface area contributed by atoms with Crippen LogP contribution in [0.3, 0.4) is 0 Å². The summed E-state index contributed by atoms with van der Waals surface area (Å²) in [4.78, 5) is 52.9. The predicted octanol–water partition coefficient (Wildman–Crippen LogP) is 3.41. The summed E-state index contributed by atoms with van der Waals surface area (Å²) in [7, 11) is 0. The van der Waals surface area contributed by atoms with Gasteiger partial charge in [-0.1, -0.05) is 12.2 Å². The van der Waals surface area contributed by atoms with E-state index in [4.69, 9.17) is 4.74 Å². The Kier molecular flexibility index (Phi) is 5.12. The van der Waals surface area contributed by atoms with Crippen molar-refractivity contribution in [1.29, 1.82) is 0 Å². The van der Waals surface area contributed by atoms with E-state index < -0.39 is 0 Å². The van der Waals surface area contributed by atoms with E-state index >= 15 is 0 Å². The van der Waals surface area contributed by atoms with E-state index in [1.165, 1.54) is 6.42 Å². The average molecular weight is 463 g/mol. The van der Waals surface area contributed by atoms with Gasteiger partial charge in [0.2, 0.25) is 17.7 Å². The Hall–Kier alpha value is -2.96. The van der Waals surface area contributed by atoms with Gasteiger partial charge in [0.15, 0.2) is 0 Å². The molecule has 0 aromatic heterocycles. The maximum Gasteiger partial charge on any atom is 0.338 e. The number of carbonyl (C=O) groups excluding carboxylic acids is 4. The van der Waals surface area contributed by atoms with Crippen LogP contribution in [0.4, 0.5) is 5.69 Å². The number of anilines is 1. The number of hydrogen-bond donors (Lipinski definition) is 1. The number of carbonyl (C=O) groups is 4. The summed E-state index contributed by atoms with van der Waals surface area (Å²) in [6.45, 7) is 2.07. The van der Waals surface area contributed by atoms with Crippen molar-refractivity contribution in [1.82, 2.24) is 4.90 Å². The minimum atomic E-state index is -0.384.